The summed E-state index contributed by atoms with van der Waals surface area (Å²) in [5.74, 6) is 0. The fourth-order valence-corrected chi connectivity index (χ4v) is 4.49. The van der Waals surface area contributed by atoms with Gasteiger partial charge in [-0.2, -0.15) is 23.1 Å². The van der Waals surface area contributed by atoms with Gasteiger partial charge in [0.05, 0.1) is 0 Å². The van der Waals surface area contributed by atoms with Crippen LogP contribution in [0.25, 0.3) is 0 Å². The summed E-state index contributed by atoms with van der Waals surface area (Å²) in [6, 6.07) is 2.62. The molecule has 3 atom stereocenters. The van der Waals surface area contributed by atoms with E-state index in [2.05, 4.69) is 47.3 Å². The van der Waals surface area contributed by atoms with Crippen LogP contribution >= 0.6 is 23.1 Å². The van der Waals surface area contributed by atoms with E-state index in [1.807, 2.05) is 0 Å². The Morgan fingerprint density at radius 2 is 2.12 bits per heavy atom. The first-order valence-corrected chi connectivity index (χ1v) is 7.71. The maximum atomic E-state index is 5.94. The first-order chi connectivity index (χ1) is 7.70. The maximum absolute atomic E-state index is 5.94. The standard InChI is InChI=1S/C12H20N2S2/c1-9-6-14(7-10(2)16-9)12(5-13)11-3-4-15-8-11/h3-4,8-10,12H,5-7,13H2,1-2H3. The minimum atomic E-state index is 0.414. The lowest BCUT2D eigenvalue weighted by Crippen LogP contribution is -2.44. The molecule has 4 heteroatoms. The molecule has 1 aliphatic rings. The molecule has 2 nitrogen and oxygen atoms in total. The summed E-state index contributed by atoms with van der Waals surface area (Å²) in [5.41, 5.74) is 7.33. The van der Waals surface area contributed by atoms with Gasteiger partial charge >= 0.3 is 0 Å². The molecule has 1 saturated heterocycles. The van der Waals surface area contributed by atoms with Crippen LogP contribution in [0.5, 0.6) is 0 Å². The highest BCUT2D eigenvalue weighted by Crippen LogP contribution is 2.31. The van der Waals surface area contributed by atoms with Crippen molar-refractivity contribution < 1.29 is 0 Å². The van der Waals surface area contributed by atoms with E-state index in [0.717, 1.165) is 30.1 Å². The number of thioether (sulfide) groups is 1. The number of nitrogens with zero attached hydrogens (tertiary/aromatic N) is 1. The van der Waals surface area contributed by atoms with E-state index in [-0.39, 0.29) is 0 Å². The molecule has 1 aromatic heterocycles. The molecule has 1 aliphatic heterocycles. The highest BCUT2D eigenvalue weighted by atomic mass is 32.2. The molecule has 90 valence electrons. The van der Waals surface area contributed by atoms with E-state index >= 15 is 0 Å². The fraction of sp³-hybridized carbons (Fsp3) is 0.667. The van der Waals surface area contributed by atoms with Gasteiger partial charge in [-0.25, -0.2) is 0 Å². The molecule has 3 unspecified atom stereocenters. The Kier molecular flexibility index (Phi) is 4.30. The van der Waals surface area contributed by atoms with Gasteiger partial charge in [0.1, 0.15) is 0 Å². The van der Waals surface area contributed by atoms with E-state index < -0.39 is 0 Å². The monoisotopic (exact) mass is 256 g/mol. The van der Waals surface area contributed by atoms with Crippen LogP contribution in [0.3, 0.4) is 0 Å². The molecule has 0 amide bonds. The first-order valence-electron chi connectivity index (χ1n) is 5.82. The normalized spacial score (nSPS) is 29.2. The Morgan fingerprint density at radius 1 is 1.44 bits per heavy atom. The minimum Gasteiger partial charge on any atom is -0.329 e. The molecule has 0 aliphatic carbocycles. The van der Waals surface area contributed by atoms with Gasteiger partial charge in [0, 0.05) is 36.2 Å². The van der Waals surface area contributed by atoms with Crippen LogP contribution in [0.1, 0.15) is 25.5 Å². The average Bonchev–Trinajstić information content (AvgIpc) is 2.70. The van der Waals surface area contributed by atoms with E-state index in [1.165, 1.54) is 5.56 Å². The van der Waals surface area contributed by atoms with Crippen LogP contribution in [0.2, 0.25) is 0 Å². The third-order valence-corrected chi connectivity index (χ3v) is 4.97. The van der Waals surface area contributed by atoms with Gasteiger partial charge in [-0.1, -0.05) is 13.8 Å². The van der Waals surface area contributed by atoms with Crippen LogP contribution in [-0.2, 0) is 0 Å². The quantitative estimate of drug-likeness (QED) is 0.901. The first kappa shape index (κ1) is 12.4. The van der Waals surface area contributed by atoms with Gasteiger partial charge in [-0.15, -0.1) is 0 Å². The van der Waals surface area contributed by atoms with Crippen LogP contribution in [0.15, 0.2) is 16.8 Å². The Bertz CT molecular complexity index is 303. The summed E-state index contributed by atoms with van der Waals surface area (Å²) >= 11 is 3.85. The summed E-state index contributed by atoms with van der Waals surface area (Å²) < 4.78 is 0. The van der Waals surface area contributed by atoms with Gasteiger partial charge in [-0.05, 0) is 22.4 Å². The lowest BCUT2D eigenvalue weighted by atomic mass is 10.1. The van der Waals surface area contributed by atoms with Crippen LogP contribution in [0, 0.1) is 0 Å². The second-order valence-electron chi connectivity index (χ2n) is 4.52. The number of hydrogen-bond acceptors (Lipinski definition) is 4. The highest BCUT2D eigenvalue weighted by Gasteiger charge is 2.28. The van der Waals surface area contributed by atoms with Crippen molar-refractivity contribution in [2.75, 3.05) is 19.6 Å². The SMILES string of the molecule is CC1CN(C(CN)c2ccsc2)CC(C)S1. The van der Waals surface area contributed by atoms with Crippen molar-refractivity contribution in [3.8, 4) is 0 Å². The maximum Gasteiger partial charge on any atom is 0.0479 e. The minimum absolute atomic E-state index is 0.414. The summed E-state index contributed by atoms with van der Waals surface area (Å²) in [5, 5.41) is 5.81. The third kappa shape index (κ3) is 2.80. The van der Waals surface area contributed by atoms with Crippen LogP contribution in [-0.4, -0.2) is 35.0 Å². The molecule has 16 heavy (non-hydrogen) atoms. The molecule has 0 aromatic carbocycles. The Labute approximate surface area is 106 Å². The molecule has 0 spiro atoms. The van der Waals surface area contributed by atoms with Crippen molar-refractivity contribution >= 4 is 23.1 Å². The van der Waals surface area contributed by atoms with E-state index in [1.54, 1.807) is 11.3 Å². The third-order valence-electron chi connectivity index (χ3n) is 3.04. The highest BCUT2D eigenvalue weighted by molar-refractivity contribution is 8.00. The van der Waals surface area contributed by atoms with Crippen LogP contribution < -0.4 is 5.73 Å². The van der Waals surface area contributed by atoms with E-state index in [4.69, 9.17) is 5.73 Å². The van der Waals surface area contributed by atoms with Crippen LogP contribution in [0.4, 0.5) is 0 Å². The molecular formula is C12H20N2S2. The Balaban J connectivity index is 2.09. The predicted molar refractivity (Wildman–Crippen MR) is 74.2 cm³/mol. The van der Waals surface area contributed by atoms with Gasteiger partial charge in [0.25, 0.3) is 0 Å². The van der Waals surface area contributed by atoms with E-state index in [9.17, 15) is 0 Å². The predicted octanol–water partition coefficient (Wildman–Crippen LogP) is 2.57. The van der Waals surface area contributed by atoms with Crippen molar-refractivity contribution in [1.29, 1.82) is 0 Å². The summed E-state index contributed by atoms with van der Waals surface area (Å²) in [7, 11) is 0. The van der Waals surface area contributed by atoms with Gasteiger partial charge in [0.15, 0.2) is 0 Å². The van der Waals surface area contributed by atoms with Crippen molar-refractivity contribution in [1.82, 2.24) is 4.90 Å². The molecule has 2 rings (SSSR count). The molecule has 0 radical (unpaired) electrons. The molecule has 2 N–H and O–H groups in total. The molecule has 0 bridgehead atoms. The smallest absolute Gasteiger partial charge is 0.0479 e. The zero-order chi connectivity index (χ0) is 11.5. The van der Waals surface area contributed by atoms with Gasteiger partial charge in [0.2, 0.25) is 0 Å². The van der Waals surface area contributed by atoms with E-state index in [0.29, 0.717) is 6.04 Å². The lowest BCUT2D eigenvalue weighted by Gasteiger charge is -2.39. The van der Waals surface area contributed by atoms with Gasteiger partial charge < -0.3 is 5.73 Å². The fourth-order valence-electron chi connectivity index (χ4n) is 2.43. The van der Waals surface area contributed by atoms with Crippen molar-refractivity contribution in [2.24, 2.45) is 5.73 Å². The average molecular weight is 256 g/mol. The molecule has 1 fully saturated rings. The number of hydrogen-bond donors (Lipinski definition) is 1. The summed E-state index contributed by atoms with van der Waals surface area (Å²) in [4.78, 5) is 2.55. The zero-order valence-corrected chi connectivity index (χ0v) is 11.6. The van der Waals surface area contributed by atoms with Crippen molar-refractivity contribution in [3.05, 3.63) is 22.4 Å². The molecular weight excluding hydrogens is 236 g/mol. The number of rotatable bonds is 3. The molecule has 2 heterocycles. The molecule has 1 aromatic rings. The van der Waals surface area contributed by atoms with Crippen molar-refractivity contribution in [3.63, 3.8) is 0 Å². The summed E-state index contributed by atoms with van der Waals surface area (Å²) in [6.45, 7) is 7.67. The Morgan fingerprint density at radius 3 is 2.62 bits per heavy atom. The second kappa shape index (κ2) is 5.54. The number of thiophene rings is 1. The molecule has 0 saturated carbocycles. The largest absolute Gasteiger partial charge is 0.329 e. The van der Waals surface area contributed by atoms with Crippen molar-refractivity contribution in [2.45, 2.75) is 30.4 Å². The Hall–Kier alpha value is -0.0300. The van der Waals surface area contributed by atoms with Gasteiger partial charge in [-0.3, -0.25) is 4.90 Å². The topological polar surface area (TPSA) is 29.3 Å². The second-order valence-corrected chi connectivity index (χ2v) is 7.18. The number of nitrogens with two attached hydrogens (primary N) is 1. The lowest BCUT2D eigenvalue weighted by molar-refractivity contribution is 0.200. The summed E-state index contributed by atoms with van der Waals surface area (Å²) in [6.07, 6.45) is 0. The zero-order valence-electron chi connectivity index (χ0n) is 9.93.